The zero-order chi connectivity index (χ0) is 24.9. The summed E-state index contributed by atoms with van der Waals surface area (Å²) in [6, 6.07) is 15.6. The second kappa shape index (κ2) is 10.5. The molecule has 1 aliphatic rings. The predicted octanol–water partition coefficient (Wildman–Crippen LogP) is 4.98. The Kier molecular flexibility index (Phi) is 7.25. The Hall–Kier alpha value is -4.00. The van der Waals surface area contributed by atoms with E-state index in [1.54, 1.807) is 54.7 Å². The number of hydrogen-bond acceptors (Lipinski definition) is 5. The lowest BCUT2D eigenvalue weighted by atomic mass is 9.97. The van der Waals surface area contributed by atoms with E-state index in [0.29, 0.717) is 30.0 Å². The third-order valence-electron chi connectivity index (χ3n) is 5.97. The van der Waals surface area contributed by atoms with Gasteiger partial charge in [-0.2, -0.15) is 0 Å². The number of pyridine rings is 1. The number of ketones is 1. The van der Waals surface area contributed by atoms with Crippen molar-refractivity contribution in [1.29, 1.82) is 0 Å². The average molecular weight is 475 g/mol. The van der Waals surface area contributed by atoms with Crippen LogP contribution in [0.5, 0.6) is 5.75 Å². The molecule has 1 amide bonds. The van der Waals surface area contributed by atoms with Gasteiger partial charge >= 0.3 is 0 Å². The molecule has 1 atom stereocenters. The number of likely N-dealkylation sites (tertiary alicyclic amines) is 1. The smallest absolute Gasteiger partial charge is 0.295 e. The van der Waals surface area contributed by atoms with Crippen molar-refractivity contribution in [1.82, 2.24) is 9.88 Å². The molecule has 2 aromatic carbocycles. The van der Waals surface area contributed by atoms with Crippen LogP contribution < -0.4 is 4.74 Å². The van der Waals surface area contributed by atoms with E-state index in [1.165, 1.54) is 17.0 Å². The van der Waals surface area contributed by atoms with Crippen LogP contribution in [0.25, 0.3) is 5.76 Å². The zero-order valence-corrected chi connectivity index (χ0v) is 19.7. The number of Topliss-reactive ketones (excluding diaryl/α,β-unsaturated/α-hetero) is 1. The molecule has 1 aliphatic heterocycles. The third-order valence-corrected chi connectivity index (χ3v) is 5.97. The number of aliphatic hydroxyl groups excluding tert-OH is 1. The maximum Gasteiger partial charge on any atom is 0.295 e. The summed E-state index contributed by atoms with van der Waals surface area (Å²) in [7, 11) is 0. The maximum atomic E-state index is 13.3. The van der Waals surface area contributed by atoms with Crippen LogP contribution in [-0.4, -0.2) is 39.8 Å². The number of aliphatic hydroxyl groups is 1. The third kappa shape index (κ3) is 5.09. The van der Waals surface area contributed by atoms with Crippen LogP contribution in [-0.2, 0) is 16.0 Å². The minimum atomic E-state index is -0.840. The summed E-state index contributed by atoms with van der Waals surface area (Å²) in [6.07, 6.45) is 2.87. The summed E-state index contributed by atoms with van der Waals surface area (Å²) >= 11 is 0. The Morgan fingerprint density at radius 1 is 1.11 bits per heavy atom. The number of aromatic nitrogens is 1. The Morgan fingerprint density at radius 3 is 2.54 bits per heavy atom. The van der Waals surface area contributed by atoms with Gasteiger partial charge in [0.25, 0.3) is 11.7 Å². The first kappa shape index (κ1) is 24.1. The Balaban J connectivity index is 1.72. The van der Waals surface area contributed by atoms with E-state index < -0.39 is 17.7 Å². The number of amides is 1. The van der Waals surface area contributed by atoms with E-state index in [9.17, 15) is 19.1 Å². The molecule has 0 radical (unpaired) electrons. The number of rotatable bonds is 8. The molecule has 1 N–H and O–H groups in total. The first-order valence-electron chi connectivity index (χ1n) is 11.6. The highest BCUT2D eigenvalue weighted by Crippen LogP contribution is 2.39. The van der Waals surface area contributed by atoms with Crippen molar-refractivity contribution in [2.24, 2.45) is 0 Å². The Labute approximate surface area is 203 Å². The summed E-state index contributed by atoms with van der Waals surface area (Å²) in [4.78, 5) is 32.0. The van der Waals surface area contributed by atoms with Crippen LogP contribution in [0.15, 0.2) is 72.4 Å². The van der Waals surface area contributed by atoms with Gasteiger partial charge in [0.05, 0.1) is 17.9 Å². The maximum absolute atomic E-state index is 13.3. The molecule has 0 saturated carbocycles. The van der Waals surface area contributed by atoms with Gasteiger partial charge in [-0.05, 0) is 73.4 Å². The molecule has 0 spiro atoms. The number of halogens is 1. The highest BCUT2D eigenvalue weighted by Gasteiger charge is 2.46. The minimum Gasteiger partial charge on any atom is -0.507 e. The fraction of sp³-hybridized carbons (Fsp3) is 0.250. The number of benzene rings is 2. The molecule has 35 heavy (non-hydrogen) atoms. The highest BCUT2D eigenvalue weighted by molar-refractivity contribution is 6.46. The molecular formula is C28H27FN2O4. The van der Waals surface area contributed by atoms with E-state index in [1.807, 2.05) is 13.8 Å². The molecular weight excluding hydrogens is 447 g/mol. The van der Waals surface area contributed by atoms with Crippen LogP contribution in [0, 0.1) is 12.7 Å². The van der Waals surface area contributed by atoms with Gasteiger partial charge in [-0.15, -0.1) is 0 Å². The van der Waals surface area contributed by atoms with Gasteiger partial charge in [0.1, 0.15) is 23.4 Å². The molecule has 1 aromatic heterocycles. The standard InChI is InChI=1S/C28H27FN2O4/c1-3-16-35-23-12-9-20(17-18(23)2)26(32)24-25(22-6-4-5-14-30-22)31(28(34)27(24)33)15-13-19-7-10-21(29)11-8-19/h4-12,14,17,25,32H,3,13,15-16H2,1-2H3/b26-24-. The number of hydrogen-bond donors (Lipinski definition) is 1. The monoisotopic (exact) mass is 474 g/mol. The summed E-state index contributed by atoms with van der Waals surface area (Å²) in [6.45, 7) is 4.66. The number of aryl methyl sites for hydroxylation is 1. The van der Waals surface area contributed by atoms with Gasteiger partial charge < -0.3 is 14.7 Å². The summed E-state index contributed by atoms with van der Waals surface area (Å²) < 4.78 is 19.0. The Bertz CT molecular complexity index is 1260. The second-order valence-electron chi connectivity index (χ2n) is 8.45. The van der Waals surface area contributed by atoms with Crippen LogP contribution >= 0.6 is 0 Å². The van der Waals surface area contributed by atoms with Crippen molar-refractivity contribution in [3.05, 3.63) is 101 Å². The van der Waals surface area contributed by atoms with Gasteiger partial charge in [-0.25, -0.2) is 4.39 Å². The lowest BCUT2D eigenvalue weighted by Crippen LogP contribution is -2.32. The van der Waals surface area contributed by atoms with Gasteiger partial charge in [0.15, 0.2) is 0 Å². The first-order chi connectivity index (χ1) is 16.9. The van der Waals surface area contributed by atoms with Crippen LogP contribution in [0.4, 0.5) is 4.39 Å². The molecule has 1 unspecified atom stereocenters. The van der Waals surface area contributed by atoms with E-state index in [-0.39, 0.29) is 23.7 Å². The predicted molar refractivity (Wildman–Crippen MR) is 130 cm³/mol. The number of ether oxygens (including phenoxy) is 1. The van der Waals surface area contributed by atoms with Crippen molar-refractivity contribution >= 4 is 17.4 Å². The van der Waals surface area contributed by atoms with Crippen LogP contribution in [0.1, 0.15) is 41.8 Å². The van der Waals surface area contributed by atoms with Crippen molar-refractivity contribution in [2.75, 3.05) is 13.2 Å². The van der Waals surface area contributed by atoms with Gasteiger partial charge in [0, 0.05) is 18.3 Å². The quantitative estimate of drug-likeness (QED) is 0.283. The van der Waals surface area contributed by atoms with E-state index >= 15 is 0 Å². The van der Waals surface area contributed by atoms with Gasteiger partial charge in [-0.3, -0.25) is 14.6 Å². The molecule has 7 heteroatoms. The number of carbonyl (C=O) groups excluding carboxylic acids is 2. The van der Waals surface area contributed by atoms with Crippen LogP contribution in [0.2, 0.25) is 0 Å². The van der Waals surface area contributed by atoms with Gasteiger partial charge in [0.2, 0.25) is 0 Å². The first-order valence-corrected chi connectivity index (χ1v) is 11.6. The fourth-order valence-corrected chi connectivity index (χ4v) is 4.18. The zero-order valence-electron chi connectivity index (χ0n) is 19.7. The molecule has 180 valence electrons. The van der Waals surface area contributed by atoms with Crippen molar-refractivity contribution in [3.63, 3.8) is 0 Å². The lowest BCUT2D eigenvalue weighted by molar-refractivity contribution is -0.139. The van der Waals surface area contributed by atoms with Crippen molar-refractivity contribution < 1.29 is 23.8 Å². The van der Waals surface area contributed by atoms with Crippen molar-refractivity contribution in [3.8, 4) is 5.75 Å². The second-order valence-corrected chi connectivity index (χ2v) is 8.45. The number of nitrogens with zero attached hydrogens (tertiary/aromatic N) is 2. The highest BCUT2D eigenvalue weighted by atomic mass is 19.1. The fourth-order valence-electron chi connectivity index (χ4n) is 4.18. The summed E-state index contributed by atoms with van der Waals surface area (Å²) in [5.41, 5.74) is 2.53. The largest absolute Gasteiger partial charge is 0.507 e. The molecule has 6 nitrogen and oxygen atoms in total. The van der Waals surface area contributed by atoms with E-state index in [2.05, 4.69) is 4.98 Å². The summed E-state index contributed by atoms with van der Waals surface area (Å²) in [5.74, 6) is -1.37. The van der Waals surface area contributed by atoms with Crippen molar-refractivity contribution in [2.45, 2.75) is 32.7 Å². The molecule has 3 aromatic rings. The Morgan fingerprint density at radius 2 is 1.89 bits per heavy atom. The minimum absolute atomic E-state index is 0.00515. The van der Waals surface area contributed by atoms with E-state index in [4.69, 9.17) is 4.74 Å². The van der Waals surface area contributed by atoms with Gasteiger partial charge in [-0.1, -0.05) is 25.1 Å². The average Bonchev–Trinajstić information content (AvgIpc) is 3.12. The molecule has 1 saturated heterocycles. The molecule has 0 aliphatic carbocycles. The van der Waals surface area contributed by atoms with E-state index in [0.717, 1.165) is 17.5 Å². The topological polar surface area (TPSA) is 79.7 Å². The molecule has 4 rings (SSSR count). The lowest BCUT2D eigenvalue weighted by Gasteiger charge is -2.24. The molecule has 2 heterocycles. The normalized spacial score (nSPS) is 17.1. The SMILES string of the molecule is CCCOc1ccc(/C(O)=C2/C(=O)C(=O)N(CCc3ccc(F)cc3)C2c2ccccn2)cc1C. The number of carbonyl (C=O) groups is 2. The van der Waals surface area contributed by atoms with Crippen LogP contribution in [0.3, 0.4) is 0 Å². The molecule has 1 fully saturated rings. The summed E-state index contributed by atoms with van der Waals surface area (Å²) in [5, 5.41) is 11.2. The molecule has 0 bridgehead atoms.